The van der Waals surface area contributed by atoms with E-state index in [1.54, 1.807) is 13.8 Å². The van der Waals surface area contributed by atoms with E-state index in [0.717, 1.165) is 6.26 Å². The van der Waals surface area contributed by atoms with E-state index in [9.17, 15) is 34.5 Å². The molecule has 5 atom stereocenters. The predicted octanol–water partition coefficient (Wildman–Crippen LogP) is 1.77. The van der Waals surface area contributed by atoms with Crippen molar-refractivity contribution >= 4 is 28.3 Å². The molecule has 188 valence electrons. The Bertz CT molecular complexity index is 1730. The largest absolute Gasteiger partial charge is 0.507 e. The van der Waals surface area contributed by atoms with Crippen molar-refractivity contribution in [3.8, 4) is 11.5 Å². The molecule has 4 aliphatic rings. The molecule has 10 nitrogen and oxygen atoms in total. The van der Waals surface area contributed by atoms with Crippen LogP contribution in [0.2, 0.25) is 0 Å². The summed E-state index contributed by atoms with van der Waals surface area (Å²) in [5.74, 6) is -5.48. The molecule has 2 heterocycles. The number of Topliss-reactive ketones (excluding diaryl/α,β-unsaturated/α-hetero) is 2. The molecule has 1 saturated carbocycles. The monoisotopic (exact) mass is 504 g/mol. The van der Waals surface area contributed by atoms with E-state index in [0.29, 0.717) is 16.7 Å². The Labute approximate surface area is 208 Å². The van der Waals surface area contributed by atoms with Crippen LogP contribution in [-0.2, 0) is 20.5 Å². The molecule has 0 saturated heterocycles. The number of aromatic hydroxyl groups is 2. The first-order chi connectivity index (χ1) is 17.5. The van der Waals surface area contributed by atoms with E-state index in [1.807, 2.05) is 0 Å². The number of aliphatic hydroxyl groups excluding tert-OH is 1. The minimum Gasteiger partial charge on any atom is -0.507 e. The molecule has 1 aliphatic heterocycles. The van der Waals surface area contributed by atoms with Crippen molar-refractivity contribution in [2.45, 2.75) is 31.0 Å². The molecule has 1 spiro atoms. The first-order valence-corrected chi connectivity index (χ1v) is 11.7. The highest BCUT2D eigenvalue weighted by Gasteiger charge is 2.79. The van der Waals surface area contributed by atoms with Crippen LogP contribution in [0.5, 0.6) is 11.5 Å². The normalized spacial score (nSPS) is 30.8. The van der Waals surface area contributed by atoms with Crippen LogP contribution in [0.1, 0.15) is 53.3 Å². The van der Waals surface area contributed by atoms with Crippen LogP contribution < -0.4 is 5.63 Å². The first kappa shape index (κ1) is 22.2. The Hall–Kier alpha value is -4.02. The molecule has 2 bridgehead atoms. The van der Waals surface area contributed by atoms with Gasteiger partial charge in [0, 0.05) is 18.1 Å². The number of fused-ring (bicyclic) bond motifs is 4. The molecular weight excluding hydrogens is 484 g/mol. The fourth-order valence-electron chi connectivity index (χ4n) is 7.76. The quantitative estimate of drug-likeness (QED) is 0.417. The number of hydrogen-bond acceptors (Lipinski definition) is 10. The van der Waals surface area contributed by atoms with E-state index in [2.05, 4.69) is 0 Å². The number of ether oxygens (including phenoxy) is 2. The van der Waals surface area contributed by atoms with Crippen LogP contribution in [0.25, 0.3) is 10.8 Å². The summed E-state index contributed by atoms with van der Waals surface area (Å²) in [7, 11) is 1.32. The molecule has 3 aliphatic carbocycles. The number of benzene rings is 2. The molecule has 0 radical (unpaired) electrons. The van der Waals surface area contributed by atoms with Crippen molar-refractivity contribution in [3.05, 3.63) is 67.8 Å². The average molecular weight is 504 g/mol. The second-order valence-electron chi connectivity index (χ2n) is 10.3. The highest BCUT2D eigenvalue weighted by atomic mass is 16.5. The Morgan fingerprint density at radius 3 is 2.35 bits per heavy atom. The van der Waals surface area contributed by atoms with Crippen molar-refractivity contribution in [3.63, 3.8) is 0 Å². The summed E-state index contributed by atoms with van der Waals surface area (Å²) >= 11 is 0. The van der Waals surface area contributed by atoms with Gasteiger partial charge in [-0.3, -0.25) is 9.59 Å². The number of aryl methyl sites for hydroxylation is 2. The van der Waals surface area contributed by atoms with Gasteiger partial charge >= 0.3 is 11.6 Å². The zero-order valence-electron chi connectivity index (χ0n) is 19.9. The Morgan fingerprint density at radius 2 is 1.65 bits per heavy atom. The third kappa shape index (κ3) is 2.07. The second kappa shape index (κ2) is 6.45. The standard InChI is InChI=1S/C27H20O10/c1-8-4-12(29)16-18-13(8)21(31)19-23(32)26(18,7-37-25(16)34)22-20(30)10-6-36-24(33)15-11(28)5-9(2)17(14(10)15)27(19,22)35-3/h4-6,19,22-23,28-29,32H,7H2,1-3H3/t19-,22-,23-,26+,27+/m1/s1. The third-order valence-corrected chi connectivity index (χ3v) is 8.91. The maximum Gasteiger partial charge on any atom is 0.347 e. The van der Waals surface area contributed by atoms with Gasteiger partial charge in [-0.05, 0) is 48.2 Å². The van der Waals surface area contributed by atoms with E-state index < -0.39 is 70.2 Å². The third-order valence-electron chi connectivity index (χ3n) is 8.91. The van der Waals surface area contributed by atoms with Gasteiger partial charge in [-0.25, -0.2) is 9.59 Å². The number of ketones is 2. The van der Waals surface area contributed by atoms with Gasteiger partial charge in [0.1, 0.15) is 40.9 Å². The summed E-state index contributed by atoms with van der Waals surface area (Å²) in [6.45, 7) is 2.81. The lowest BCUT2D eigenvalue weighted by Gasteiger charge is -2.46. The average Bonchev–Trinajstić information content (AvgIpc) is 3.00. The van der Waals surface area contributed by atoms with Gasteiger partial charge in [0.25, 0.3) is 0 Å². The van der Waals surface area contributed by atoms with Crippen molar-refractivity contribution in [2.75, 3.05) is 13.7 Å². The van der Waals surface area contributed by atoms with Crippen molar-refractivity contribution < 1.29 is 43.6 Å². The van der Waals surface area contributed by atoms with E-state index in [-0.39, 0.29) is 33.0 Å². The lowest BCUT2D eigenvalue weighted by molar-refractivity contribution is -0.0751. The predicted molar refractivity (Wildman–Crippen MR) is 124 cm³/mol. The van der Waals surface area contributed by atoms with Gasteiger partial charge in [0.05, 0.1) is 28.9 Å². The molecule has 1 aromatic heterocycles. The van der Waals surface area contributed by atoms with Gasteiger partial charge in [-0.1, -0.05) is 0 Å². The Balaban J connectivity index is 1.72. The maximum atomic E-state index is 14.4. The summed E-state index contributed by atoms with van der Waals surface area (Å²) in [5, 5.41) is 33.2. The van der Waals surface area contributed by atoms with E-state index in [4.69, 9.17) is 13.9 Å². The summed E-state index contributed by atoms with van der Waals surface area (Å²) < 4.78 is 16.7. The van der Waals surface area contributed by atoms with Crippen LogP contribution in [0, 0.1) is 25.7 Å². The van der Waals surface area contributed by atoms with Crippen LogP contribution in [0.15, 0.2) is 27.6 Å². The smallest absolute Gasteiger partial charge is 0.347 e. The lowest BCUT2D eigenvalue weighted by Crippen LogP contribution is -2.56. The number of hydrogen-bond donors (Lipinski definition) is 3. The number of phenolic OH excluding ortho intramolecular Hbond substituents is 2. The second-order valence-corrected chi connectivity index (χ2v) is 10.3. The number of carbonyl (C=O) groups is 3. The van der Waals surface area contributed by atoms with Crippen molar-refractivity contribution in [2.24, 2.45) is 11.8 Å². The molecule has 3 N–H and O–H groups in total. The van der Waals surface area contributed by atoms with Gasteiger partial charge in [0.15, 0.2) is 11.6 Å². The zero-order chi connectivity index (χ0) is 26.3. The summed E-state index contributed by atoms with van der Waals surface area (Å²) in [5.41, 5.74) is -3.30. The first-order valence-electron chi connectivity index (χ1n) is 11.7. The van der Waals surface area contributed by atoms with E-state index in [1.165, 1.54) is 19.2 Å². The SMILES string of the molecule is CO[C@]12c3c(C)cc(O)c4c(=O)occ(c34)C(=O)[C@@H]1[C@]13COC(=O)c4c(O)cc(C)c(c41)C(=O)[C@@H]2[C@H]3O. The molecule has 1 fully saturated rings. The number of phenols is 2. The minimum atomic E-state index is -1.79. The lowest BCUT2D eigenvalue weighted by atomic mass is 9.59. The van der Waals surface area contributed by atoms with Gasteiger partial charge in [-0.2, -0.15) is 0 Å². The fraction of sp³-hybridized carbons (Fsp3) is 0.333. The van der Waals surface area contributed by atoms with Crippen LogP contribution in [-0.4, -0.2) is 52.7 Å². The number of esters is 1. The Kier molecular flexibility index (Phi) is 3.87. The highest BCUT2D eigenvalue weighted by molar-refractivity contribution is 6.18. The number of methoxy groups -OCH3 is 1. The molecule has 10 heteroatoms. The van der Waals surface area contributed by atoms with Crippen LogP contribution >= 0.6 is 0 Å². The molecular formula is C27H20O10. The van der Waals surface area contributed by atoms with Crippen LogP contribution in [0.4, 0.5) is 0 Å². The van der Waals surface area contributed by atoms with E-state index >= 15 is 0 Å². The fourth-order valence-corrected chi connectivity index (χ4v) is 7.76. The maximum absolute atomic E-state index is 14.4. The van der Waals surface area contributed by atoms with Crippen molar-refractivity contribution in [1.29, 1.82) is 0 Å². The Morgan fingerprint density at radius 1 is 0.946 bits per heavy atom. The summed E-state index contributed by atoms with van der Waals surface area (Å²) in [6, 6.07) is 2.62. The number of rotatable bonds is 1. The molecule has 3 aromatic rings. The van der Waals surface area contributed by atoms with Gasteiger partial charge in [-0.15, -0.1) is 0 Å². The summed E-state index contributed by atoms with van der Waals surface area (Å²) in [4.78, 5) is 54.2. The number of carbonyl (C=O) groups excluding carboxylic acids is 3. The minimum absolute atomic E-state index is 0.0280. The number of aliphatic hydroxyl groups is 1. The summed E-state index contributed by atoms with van der Waals surface area (Å²) in [6.07, 6.45) is -0.539. The van der Waals surface area contributed by atoms with Gasteiger partial charge < -0.3 is 29.2 Å². The zero-order valence-corrected chi connectivity index (χ0v) is 19.9. The van der Waals surface area contributed by atoms with Gasteiger partial charge in [0.2, 0.25) is 0 Å². The number of cyclic esters (lactones) is 1. The topological polar surface area (TPSA) is 161 Å². The molecule has 0 unspecified atom stereocenters. The van der Waals surface area contributed by atoms with Crippen LogP contribution in [0.3, 0.4) is 0 Å². The molecule has 2 aromatic carbocycles. The molecule has 0 amide bonds. The molecule has 37 heavy (non-hydrogen) atoms. The highest BCUT2D eigenvalue weighted by Crippen LogP contribution is 2.69. The molecule has 7 rings (SSSR count). The van der Waals surface area contributed by atoms with Crippen molar-refractivity contribution in [1.82, 2.24) is 0 Å².